The van der Waals surface area contributed by atoms with Gasteiger partial charge in [-0.3, -0.25) is 0 Å². The minimum atomic E-state index is 0.530. The monoisotopic (exact) mass is 404 g/mol. The van der Waals surface area contributed by atoms with Crippen molar-refractivity contribution in [1.82, 2.24) is 15.6 Å². The van der Waals surface area contributed by atoms with Crippen molar-refractivity contribution >= 4 is 5.96 Å². The molecule has 0 radical (unpaired) electrons. The van der Waals surface area contributed by atoms with Gasteiger partial charge in [0.1, 0.15) is 12.0 Å². The lowest BCUT2D eigenvalue weighted by Crippen LogP contribution is -2.36. The number of rotatable bonds is 9. The molecule has 2 N–H and O–H groups in total. The molecular formula is C24H28N4O2. The van der Waals surface area contributed by atoms with Crippen LogP contribution in [-0.4, -0.2) is 24.1 Å². The molecule has 0 aliphatic heterocycles. The van der Waals surface area contributed by atoms with Gasteiger partial charge < -0.3 is 19.8 Å². The molecule has 0 spiro atoms. The van der Waals surface area contributed by atoms with E-state index >= 15 is 0 Å². The molecule has 0 unspecified atom stereocenters. The third-order valence-electron chi connectivity index (χ3n) is 4.91. The molecule has 1 aromatic heterocycles. The molecule has 1 aliphatic rings. The van der Waals surface area contributed by atoms with Gasteiger partial charge in [-0.1, -0.05) is 36.4 Å². The van der Waals surface area contributed by atoms with E-state index in [0.717, 1.165) is 47.6 Å². The van der Waals surface area contributed by atoms with E-state index in [1.165, 1.54) is 12.8 Å². The first-order valence-electron chi connectivity index (χ1n) is 10.5. The second-order valence-corrected chi connectivity index (χ2v) is 7.42. The maximum Gasteiger partial charge on any atom is 0.226 e. The molecule has 1 saturated carbocycles. The predicted molar refractivity (Wildman–Crippen MR) is 118 cm³/mol. The number of nitrogens with zero attached hydrogens (tertiary/aromatic N) is 2. The normalized spacial score (nSPS) is 13.8. The van der Waals surface area contributed by atoms with Crippen molar-refractivity contribution in [2.75, 3.05) is 13.2 Å². The first-order valence-corrected chi connectivity index (χ1v) is 10.5. The molecule has 156 valence electrons. The summed E-state index contributed by atoms with van der Waals surface area (Å²) in [7, 11) is 0. The number of benzene rings is 2. The van der Waals surface area contributed by atoms with Crippen LogP contribution in [0.3, 0.4) is 0 Å². The highest BCUT2D eigenvalue weighted by Crippen LogP contribution is 2.30. The van der Waals surface area contributed by atoms with E-state index in [2.05, 4.69) is 21.7 Å². The topological polar surface area (TPSA) is 71.7 Å². The Morgan fingerprint density at radius 1 is 1.10 bits per heavy atom. The van der Waals surface area contributed by atoms with Crippen LogP contribution in [0.15, 0.2) is 70.3 Å². The summed E-state index contributed by atoms with van der Waals surface area (Å²) < 4.78 is 11.6. The van der Waals surface area contributed by atoms with E-state index < -0.39 is 0 Å². The van der Waals surface area contributed by atoms with Gasteiger partial charge in [0.15, 0.2) is 5.96 Å². The summed E-state index contributed by atoms with van der Waals surface area (Å²) in [5, 5.41) is 6.61. The fourth-order valence-electron chi connectivity index (χ4n) is 3.05. The largest absolute Gasteiger partial charge is 0.493 e. The molecule has 6 nitrogen and oxygen atoms in total. The lowest BCUT2D eigenvalue weighted by Gasteiger charge is -2.12. The highest BCUT2D eigenvalue weighted by molar-refractivity contribution is 5.79. The summed E-state index contributed by atoms with van der Waals surface area (Å²) in [5.74, 6) is 3.01. The van der Waals surface area contributed by atoms with Crippen molar-refractivity contribution in [3.8, 4) is 17.2 Å². The maximum absolute atomic E-state index is 5.99. The second-order valence-electron chi connectivity index (χ2n) is 7.42. The first-order chi connectivity index (χ1) is 14.8. The van der Waals surface area contributed by atoms with Crippen LogP contribution in [0.2, 0.25) is 0 Å². The van der Waals surface area contributed by atoms with Crippen molar-refractivity contribution in [2.24, 2.45) is 10.9 Å². The third-order valence-corrected chi connectivity index (χ3v) is 4.91. The van der Waals surface area contributed by atoms with Crippen LogP contribution in [0, 0.1) is 5.92 Å². The Kier molecular flexibility index (Phi) is 6.65. The molecule has 30 heavy (non-hydrogen) atoms. The van der Waals surface area contributed by atoms with Crippen LogP contribution in [0.4, 0.5) is 0 Å². The van der Waals surface area contributed by atoms with Crippen molar-refractivity contribution < 1.29 is 9.15 Å². The van der Waals surface area contributed by atoms with E-state index in [4.69, 9.17) is 14.1 Å². The Hall–Kier alpha value is -3.28. The molecule has 0 saturated heterocycles. The summed E-state index contributed by atoms with van der Waals surface area (Å²) in [4.78, 5) is 9.28. The number of aromatic nitrogens is 1. The molecule has 0 bridgehead atoms. The van der Waals surface area contributed by atoms with Gasteiger partial charge in [-0.2, -0.15) is 0 Å². The van der Waals surface area contributed by atoms with E-state index in [1.807, 2.05) is 55.5 Å². The zero-order valence-electron chi connectivity index (χ0n) is 17.3. The van der Waals surface area contributed by atoms with Gasteiger partial charge >= 0.3 is 0 Å². The van der Waals surface area contributed by atoms with Gasteiger partial charge in [-0.25, -0.2) is 9.98 Å². The smallest absolute Gasteiger partial charge is 0.226 e. The summed E-state index contributed by atoms with van der Waals surface area (Å²) >= 11 is 0. The van der Waals surface area contributed by atoms with Gasteiger partial charge in [0.25, 0.3) is 0 Å². The van der Waals surface area contributed by atoms with Gasteiger partial charge in [-0.05, 0) is 43.9 Å². The number of hydrogen-bond donors (Lipinski definition) is 2. The lowest BCUT2D eigenvalue weighted by molar-refractivity contribution is 0.297. The van der Waals surface area contributed by atoms with E-state index in [9.17, 15) is 0 Å². The van der Waals surface area contributed by atoms with Gasteiger partial charge in [0, 0.05) is 17.7 Å². The molecule has 4 rings (SSSR count). The average Bonchev–Trinajstić information content (AvgIpc) is 3.50. The van der Waals surface area contributed by atoms with Gasteiger partial charge in [0.05, 0.1) is 25.4 Å². The Balaban J connectivity index is 1.37. The van der Waals surface area contributed by atoms with Gasteiger partial charge in [0.2, 0.25) is 5.89 Å². The molecular weight excluding hydrogens is 376 g/mol. The van der Waals surface area contributed by atoms with Crippen molar-refractivity contribution in [3.05, 3.63) is 72.1 Å². The van der Waals surface area contributed by atoms with Gasteiger partial charge in [-0.15, -0.1) is 0 Å². The number of oxazole rings is 1. The molecule has 0 amide bonds. The summed E-state index contributed by atoms with van der Waals surface area (Å²) in [5.41, 5.74) is 2.88. The van der Waals surface area contributed by atoms with Crippen LogP contribution >= 0.6 is 0 Å². The quantitative estimate of drug-likeness (QED) is 0.409. The van der Waals surface area contributed by atoms with Crippen LogP contribution < -0.4 is 15.4 Å². The average molecular weight is 405 g/mol. The van der Waals surface area contributed by atoms with Crippen molar-refractivity contribution in [1.29, 1.82) is 0 Å². The summed E-state index contributed by atoms with van der Waals surface area (Å²) in [6.07, 6.45) is 4.24. The number of nitrogens with one attached hydrogen (secondary N) is 2. The van der Waals surface area contributed by atoms with E-state index in [-0.39, 0.29) is 0 Å². The SMILES string of the molecule is CCNC(=NCc1ccccc1OCC1CC1)NCc1coc(-c2ccccc2)n1. The van der Waals surface area contributed by atoms with Crippen molar-refractivity contribution in [2.45, 2.75) is 32.9 Å². The lowest BCUT2D eigenvalue weighted by atomic mass is 10.2. The molecule has 6 heteroatoms. The Bertz CT molecular complexity index is 964. The van der Waals surface area contributed by atoms with Crippen LogP contribution in [0.1, 0.15) is 31.0 Å². The standard InChI is InChI=1S/C24H28N4O2/c1-2-25-24(26-14-20-10-6-7-11-22(20)29-16-18-12-13-18)27-15-21-17-30-23(28-21)19-8-4-3-5-9-19/h3-11,17-18H,2,12-16H2,1H3,(H2,25,26,27). The molecule has 1 fully saturated rings. The van der Waals surface area contributed by atoms with Crippen LogP contribution in [0.5, 0.6) is 5.75 Å². The Labute approximate surface area is 177 Å². The molecule has 2 aromatic carbocycles. The molecule has 1 aliphatic carbocycles. The molecule has 0 atom stereocenters. The summed E-state index contributed by atoms with van der Waals surface area (Å²) in [6.45, 7) is 4.70. The Morgan fingerprint density at radius 3 is 2.70 bits per heavy atom. The maximum atomic E-state index is 5.99. The number of guanidine groups is 1. The zero-order valence-corrected chi connectivity index (χ0v) is 17.3. The van der Waals surface area contributed by atoms with Crippen LogP contribution in [-0.2, 0) is 13.1 Å². The van der Waals surface area contributed by atoms with E-state index in [1.54, 1.807) is 6.26 Å². The zero-order chi connectivity index (χ0) is 20.6. The third kappa shape index (κ3) is 5.63. The Morgan fingerprint density at radius 2 is 1.90 bits per heavy atom. The highest BCUT2D eigenvalue weighted by atomic mass is 16.5. The van der Waals surface area contributed by atoms with Crippen molar-refractivity contribution in [3.63, 3.8) is 0 Å². The number of hydrogen-bond acceptors (Lipinski definition) is 4. The minimum Gasteiger partial charge on any atom is -0.493 e. The number of aliphatic imine (C=N–C) groups is 1. The van der Waals surface area contributed by atoms with E-state index in [0.29, 0.717) is 19.0 Å². The number of ether oxygens (including phenoxy) is 1. The second kappa shape index (κ2) is 9.96. The summed E-state index contributed by atoms with van der Waals surface area (Å²) in [6, 6.07) is 18.0. The highest BCUT2D eigenvalue weighted by Gasteiger charge is 2.22. The number of para-hydroxylation sites is 1. The first kappa shape index (κ1) is 20.0. The van der Waals surface area contributed by atoms with Crippen LogP contribution in [0.25, 0.3) is 11.5 Å². The minimum absolute atomic E-state index is 0.530. The predicted octanol–water partition coefficient (Wildman–Crippen LogP) is 4.39. The molecule has 3 aromatic rings. The molecule has 1 heterocycles. The fraction of sp³-hybridized carbons (Fsp3) is 0.333. The fourth-order valence-corrected chi connectivity index (χ4v) is 3.05.